The lowest BCUT2D eigenvalue weighted by Gasteiger charge is -2.35. The van der Waals surface area contributed by atoms with Crippen LogP contribution >= 0.6 is 0 Å². The summed E-state index contributed by atoms with van der Waals surface area (Å²) in [7, 11) is -6.31. The molecule has 3 nitrogen and oxygen atoms in total. The predicted octanol–water partition coefficient (Wildman–Crippen LogP) is 15.4. The third-order valence-corrected chi connectivity index (χ3v) is 28.5. The third kappa shape index (κ3) is 8.17. The molecule has 3 heterocycles. The van der Waals surface area contributed by atoms with Crippen molar-refractivity contribution < 1.29 is 0 Å². The van der Waals surface area contributed by atoms with E-state index in [4.69, 9.17) is 0 Å². The SMILES string of the molecule is c1ccc(-c2ccc3c(c2)c2ccccc2n3-c2ccc3c(c2)c2c([Si](c4ccccc4)(c4ccccc4)c4ccccc4)cccc2n3-c2cccc([Si](c3ccccc3)(c3ccccc3)c3cccc(-n4c5ccccc5c5ccccc54)c3)c2)cc1. The zero-order valence-electron chi connectivity index (χ0n) is 48.9. The van der Waals surface area contributed by atoms with E-state index in [-0.39, 0.29) is 0 Å². The van der Waals surface area contributed by atoms with Gasteiger partial charge in [-0.25, -0.2) is 0 Å². The van der Waals surface area contributed by atoms with Crippen LogP contribution in [0.4, 0.5) is 0 Å². The maximum absolute atomic E-state index is 3.18. The largest absolute Gasteiger partial charge is 0.309 e. The Morgan fingerprint density at radius 2 is 0.517 bits per heavy atom. The number of hydrogen-bond donors (Lipinski definition) is 0. The Morgan fingerprint density at radius 1 is 0.180 bits per heavy atom. The molecule has 0 fully saturated rings. The molecule has 0 aliphatic heterocycles. The molecule has 17 rings (SSSR count). The molecule has 3 aromatic heterocycles. The van der Waals surface area contributed by atoms with E-state index in [1.807, 2.05) is 0 Å². The van der Waals surface area contributed by atoms with E-state index < -0.39 is 16.1 Å². The fraction of sp³-hybridized carbons (Fsp3) is 0. The highest BCUT2D eigenvalue weighted by Gasteiger charge is 2.44. The minimum Gasteiger partial charge on any atom is -0.309 e. The molecule has 0 spiro atoms. The van der Waals surface area contributed by atoms with Crippen molar-refractivity contribution in [1.82, 2.24) is 13.7 Å². The standard InChI is InChI=1S/C84H59N3Si2/c1-7-28-60(29-8-1)61-52-54-80-75(56-61)74-46-21-24-49-79(74)86(80)64-53-55-81-76(59-64)84-82(50-27-51-83(84)89(67-36-13-4-14-37-67,68-38-15-5-16-39-68)69-40-17-6-18-41-69)87(81)63-31-26-43-71(58-63)88(65-32-9-2-10-33-65,66-34-11-3-12-35-66)70-42-25-30-62(57-70)85-77-47-22-19-44-72(77)73-45-20-23-48-78(73)85/h1-59H. The first kappa shape index (κ1) is 52.3. The molecule has 5 heteroatoms. The zero-order chi connectivity index (χ0) is 58.9. The second-order valence-electron chi connectivity index (χ2n) is 23.5. The first-order chi connectivity index (χ1) is 44.2. The topological polar surface area (TPSA) is 14.8 Å². The summed E-state index contributed by atoms with van der Waals surface area (Å²) in [6.45, 7) is 0. The number of para-hydroxylation sites is 3. The molecule has 418 valence electrons. The van der Waals surface area contributed by atoms with E-state index in [9.17, 15) is 0 Å². The summed E-state index contributed by atoms with van der Waals surface area (Å²) in [6.07, 6.45) is 0. The normalized spacial score (nSPS) is 12.0. The Balaban J connectivity index is 0.964. The zero-order valence-corrected chi connectivity index (χ0v) is 50.9. The van der Waals surface area contributed by atoms with Crippen molar-refractivity contribution in [3.05, 3.63) is 358 Å². The molecule has 0 N–H and O–H groups in total. The monoisotopic (exact) mass is 1170 g/mol. The first-order valence-electron chi connectivity index (χ1n) is 30.8. The van der Waals surface area contributed by atoms with Crippen LogP contribution in [0.5, 0.6) is 0 Å². The summed E-state index contributed by atoms with van der Waals surface area (Å²) in [5.41, 5.74) is 12.9. The minimum absolute atomic E-state index is 1.12. The fourth-order valence-electron chi connectivity index (χ4n) is 15.2. The number of hydrogen-bond acceptors (Lipinski definition) is 0. The van der Waals surface area contributed by atoms with Gasteiger partial charge < -0.3 is 13.7 Å². The van der Waals surface area contributed by atoms with E-state index >= 15 is 0 Å². The molecular formula is C84H59N3Si2. The van der Waals surface area contributed by atoms with E-state index in [2.05, 4.69) is 372 Å². The van der Waals surface area contributed by atoms with Gasteiger partial charge in [-0.1, -0.05) is 279 Å². The molecular weight excluding hydrogens is 1110 g/mol. The Hall–Kier alpha value is -11.1. The van der Waals surface area contributed by atoms with E-state index in [1.54, 1.807) is 0 Å². The Kier molecular flexibility index (Phi) is 12.6. The quantitative estimate of drug-likeness (QED) is 0.0855. The summed E-state index contributed by atoms with van der Waals surface area (Å²) >= 11 is 0. The fourth-order valence-corrected chi connectivity index (χ4v) is 25.0. The van der Waals surface area contributed by atoms with Gasteiger partial charge in [0.15, 0.2) is 16.1 Å². The van der Waals surface area contributed by atoms with Gasteiger partial charge in [0.1, 0.15) is 0 Å². The number of aromatic nitrogens is 3. The van der Waals surface area contributed by atoms with Crippen LogP contribution in [0.2, 0.25) is 0 Å². The summed E-state index contributed by atoms with van der Waals surface area (Å²) in [5.74, 6) is 0. The molecule has 14 aromatic carbocycles. The van der Waals surface area contributed by atoms with Crippen molar-refractivity contribution in [2.75, 3.05) is 0 Å². The highest BCUT2D eigenvalue weighted by atomic mass is 28.3. The van der Waals surface area contributed by atoms with E-state index in [1.165, 1.54) is 113 Å². The van der Waals surface area contributed by atoms with Crippen LogP contribution in [-0.4, -0.2) is 29.8 Å². The van der Waals surface area contributed by atoms with Crippen molar-refractivity contribution in [2.24, 2.45) is 0 Å². The van der Waals surface area contributed by atoms with Crippen molar-refractivity contribution in [3.63, 3.8) is 0 Å². The number of nitrogens with zero attached hydrogens (tertiary/aromatic N) is 3. The maximum Gasteiger partial charge on any atom is 0.180 e. The Bertz CT molecular complexity index is 5290. The third-order valence-electron chi connectivity index (χ3n) is 18.9. The van der Waals surface area contributed by atoms with Crippen molar-refractivity contribution in [1.29, 1.82) is 0 Å². The van der Waals surface area contributed by atoms with Gasteiger partial charge in [0.2, 0.25) is 0 Å². The highest BCUT2D eigenvalue weighted by molar-refractivity contribution is 7.21. The van der Waals surface area contributed by atoms with Gasteiger partial charge in [-0.15, -0.1) is 0 Å². The summed E-state index contributed by atoms with van der Waals surface area (Å²) < 4.78 is 7.55. The van der Waals surface area contributed by atoms with Gasteiger partial charge in [-0.2, -0.15) is 0 Å². The van der Waals surface area contributed by atoms with Crippen LogP contribution in [-0.2, 0) is 0 Å². The predicted molar refractivity (Wildman–Crippen MR) is 382 cm³/mol. The molecule has 0 aliphatic rings. The average Bonchev–Trinajstić information content (AvgIpc) is 1.82. The van der Waals surface area contributed by atoms with Gasteiger partial charge in [0, 0.05) is 49.4 Å². The lowest BCUT2D eigenvalue weighted by atomic mass is 10.0. The van der Waals surface area contributed by atoms with Gasteiger partial charge in [-0.3, -0.25) is 0 Å². The van der Waals surface area contributed by atoms with Crippen molar-refractivity contribution in [2.45, 2.75) is 0 Å². The van der Waals surface area contributed by atoms with Gasteiger partial charge >= 0.3 is 0 Å². The summed E-state index contributed by atoms with van der Waals surface area (Å²) in [5, 5.41) is 18.1. The highest BCUT2D eigenvalue weighted by Crippen LogP contribution is 2.39. The molecule has 89 heavy (non-hydrogen) atoms. The maximum atomic E-state index is 2.59. The Labute approximate surface area is 519 Å². The second-order valence-corrected chi connectivity index (χ2v) is 31.1. The molecule has 0 aliphatic carbocycles. The van der Waals surface area contributed by atoms with Gasteiger partial charge in [0.05, 0.1) is 33.1 Å². The summed E-state index contributed by atoms with van der Waals surface area (Å²) in [4.78, 5) is 0. The summed E-state index contributed by atoms with van der Waals surface area (Å²) in [6, 6.07) is 135. The molecule has 0 bridgehead atoms. The van der Waals surface area contributed by atoms with Crippen LogP contribution < -0.4 is 41.5 Å². The number of benzene rings is 14. The van der Waals surface area contributed by atoms with Gasteiger partial charge in [0.25, 0.3) is 0 Å². The van der Waals surface area contributed by atoms with Crippen LogP contribution in [0.3, 0.4) is 0 Å². The van der Waals surface area contributed by atoms with Crippen LogP contribution in [0.15, 0.2) is 358 Å². The molecule has 0 saturated carbocycles. The smallest absolute Gasteiger partial charge is 0.180 e. The number of fused-ring (bicyclic) bond motifs is 9. The van der Waals surface area contributed by atoms with Crippen LogP contribution in [0.25, 0.3) is 93.6 Å². The lowest BCUT2D eigenvalue weighted by Crippen LogP contribution is -2.74. The molecule has 17 aromatic rings. The van der Waals surface area contributed by atoms with Gasteiger partial charge in [-0.05, 0) is 131 Å². The molecule has 0 unspecified atom stereocenters. The molecule has 0 amide bonds. The average molecular weight is 1170 g/mol. The minimum atomic E-state index is -3.18. The van der Waals surface area contributed by atoms with Crippen molar-refractivity contribution in [3.8, 4) is 28.2 Å². The van der Waals surface area contributed by atoms with Crippen LogP contribution in [0, 0.1) is 0 Å². The molecule has 0 saturated heterocycles. The van der Waals surface area contributed by atoms with Crippen molar-refractivity contribution >= 4 is 123 Å². The van der Waals surface area contributed by atoms with Crippen LogP contribution in [0.1, 0.15) is 0 Å². The number of rotatable bonds is 12. The molecule has 0 atom stereocenters. The first-order valence-corrected chi connectivity index (χ1v) is 34.8. The van der Waals surface area contributed by atoms with E-state index in [0.717, 1.165) is 22.6 Å². The second kappa shape index (κ2) is 21.4. The van der Waals surface area contributed by atoms with E-state index in [0.29, 0.717) is 0 Å². The molecule has 0 radical (unpaired) electrons. The lowest BCUT2D eigenvalue weighted by molar-refractivity contribution is 1.17. The Morgan fingerprint density at radius 3 is 1.00 bits per heavy atom.